The van der Waals surface area contributed by atoms with E-state index in [4.69, 9.17) is 0 Å². The predicted molar refractivity (Wildman–Crippen MR) is 60.4 cm³/mol. The lowest BCUT2D eigenvalue weighted by molar-refractivity contribution is 0.632. The van der Waals surface area contributed by atoms with Crippen molar-refractivity contribution in [3.63, 3.8) is 0 Å². The molecule has 1 unspecified atom stereocenters. The molecule has 1 aromatic heterocycles. The number of nitrogens with zero attached hydrogens (tertiary/aromatic N) is 3. The van der Waals surface area contributed by atoms with Crippen molar-refractivity contribution in [2.75, 3.05) is 12.8 Å². The predicted octanol–water partition coefficient (Wildman–Crippen LogP) is 0.965. The normalized spacial score (nSPS) is 13.1. The number of hydrogen-bond donors (Lipinski definition) is 1. The highest BCUT2D eigenvalue weighted by molar-refractivity contribution is 7.99. The first-order valence-corrected chi connectivity index (χ1v) is 6.02. The molecule has 0 fully saturated rings. The van der Waals surface area contributed by atoms with Crippen LogP contribution in [0.2, 0.25) is 0 Å². The molecule has 0 aliphatic rings. The Balaban J connectivity index is 2.35. The summed E-state index contributed by atoms with van der Waals surface area (Å²) in [5.74, 6) is 1.95. The lowest BCUT2D eigenvalue weighted by atomic mass is 10.4. The van der Waals surface area contributed by atoms with Gasteiger partial charge in [0.2, 0.25) is 0 Å². The van der Waals surface area contributed by atoms with Gasteiger partial charge < -0.3 is 9.88 Å². The molecule has 1 atom stereocenters. The van der Waals surface area contributed by atoms with Crippen LogP contribution < -0.4 is 5.32 Å². The maximum Gasteiger partial charge on any atom is 0.146 e. The van der Waals surface area contributed by atoms with Crippen molar-refractivity contribution in [3.05, 3.63) is 11.6 Å². The molecule has 5 heteroatoms. The Morgan fingerprint density at radius 3 is 2.71 bits per heavy atom. The highest BCUT2D eigenvalue weighted by atomic mass is 32.2. The summed E-state index contributed by atoms with van der Waals surface area (Å²) in [5.41, 5.74) is 0. The first-order chi connectivity index (χ1) is 6.65. The maximum absolute atomic E-state index is 4.08. The van der Waals surface area contributed by atoms with E-state index < -0.39 is 0 Å². The van der Waals surface area contributed by atoms with Gasteiger partial charge in [0.25, 0.3) is 0 Å². The number of rotatable bonds is 5. The molecule has 0 saturated carbocycles. The molecule has 4 nitrogen and oxygen atoms in total. The van der Waals surface area contributed by atoms with Crippen LogP contribution in [0.25, 0.3) is 0 Å². The molecular weight excluding hydrogens is 196 g/mol. The van der Waals surface area contributed by atoms with E-state index >= 15 is 0 Å². The second-order valence-electron chi connectivity index (χ2n) is 3.40. The van der Waals surface area contributed by atoms with Crippen LogP contribution >= 0.6 is 11.8 Å². The largest absolute Gasteiger partial charge is 0.317 e. The Labute approximate surface area is 89.5 Å². The fourth-order valence-corrected chi connectivity index (χ4v) is 1.36. The van der Waals surface area contributed by atoms with Crippen molar-refractivity contribution in [2.45, 2.75) is 25.6 Å². The SMILES string of the molecule is CSC(C)CNCc1nnc(C)n1C. The van der Waals surface area contributed by atoms with Crippen LogP contribution in [0.4, 0.5) is 0 Å². The molecular formula is C9H18N4S. The van der Waals surface area contributed by atoms with Crippen molar-refractivity contribution in [3.8, 4) is 0 Å². The summed E-state index contributed by atoms with van der Waals surface area (Å²) < 4.78 is 2.01. The zero-order valence-corrected chi connectivity index (χ0v) is 10.1. The van der Waals surface area contributed by atoms with Gasteiger partial charge in [-0.1, -0.05) is 6.92 Å². The first-order valence-electron chi connectivity index (χ1n) is 4.73. The average molecular weight is 214 g/mol. The molecule has 1 N–H and O–H groups in total. The van der Waals surface area contributed by atoms with E-state index in [-0.39, 0.29) is 0 Å². The zero-order chi connectivity index (χ0) is 10.6. The fourth-order valence-electron chi connectivity index (χ4n) is 1.08. The van der Waals surface area contributed by atoms with Gasteiger partial charge in [0.15, 0.2) is 0 Å². The molecule has 1 aromatic rings. The summed E-state index contributed by atoms with van der Waals surface area (Å²) in [6.07, 6.45) is 2.12. The van der Waals surface area contributed by atoms with E-state index in [2.05, 4.69) is 28.7 Å². The van der Waals surface area contributed by atoms with Crippen LogP contribution in [0.3, 0.4) is 0 Å². The smallest absolute Gasteiger partial charge is 0.146 e. The quantitative estimate of drug-likeness (QED) is 0.793. The molecule has 0 radical (unpaired) electrons. The van der Waals surface area contributed by atoms with Gasteiger partial charge in [-0.05, 0) is 13.2 Å². The van der Waals surface area contributed by atoms with Gasteiger partial charge in [0, 0.05) is 18.8 Å². The van der Waals surface area contributed by atoms with Gasteiger partial charge in [0.1, 0.15) is 11.6 Å². The van der Waals surface area contributed by atoms with Crippen LogP contribution in [0.5, 0.6) is 0 Å². The Kier molecular flexibility index (Phi) is 4.41. The summed E-state index contributed by atoms with van der Waals surface area (Å²) in [7, 11) is 1.99. The number of hydrogen-bond acceptors (Lipinski definition) is 4. The molecule has 0 aliphatic heterocycles. The topological polar surface area (TPSA) is 42.7 Å². The van der Waals surface area contributed by atoms with E-state index in [1.165, 1.54) is 0 Å². The molecule has 0 spiro atoms. The highest BCUT2D eigenvalue weighted by Crippen LogP contribution is 2.03. The van der Waals surface area contributed by atoms with E-state index in [0.29, 0.717) is 5.25 Å². The van der Waals surface area contributed by atoms with Gasteiger partial charge in [-0.3, -0.25) is 0 Å². The third-order valence-corrected chi connectivity index (χ3v) is 3.27. The maximum atomic E-state index is 4.08. The molecule has 1 heterocycles. The fraction of sp³-hybridized carbons (Fsp3) is 0.778. The molecule has 0 aliphatic carbocycles. The minimum atomic E-state index is 0.643. The van der Waals surface area contributed by atoms with E-state index in [0.717, 1.165) is 24.7 Å². The highest BCUT2D eigenvalue weighted by Gasteiger charge is 2.04. The summed E-state index contributed by atoms with van der Waals surface area (Å²) >= 11 is 1.86. The van der Waals surface area contributed by atoms with Gasteiger partial charge in [-0.25, -0.2) is 0 Å². The first kappa shape index (κ1) is 11.5. The molecule has 80 valence electrons. The lowest BCUT2D eigenvalue weighted by Crippen LogP contribution is -2.23. The molecule has 1 rings (SSSR count). The van der Waals surface area contributed by atoms with Crippen LogP contribution in [-0.4, -0.2) is 32.8 Å². The van der Waals surface area contributed by atoms with E-state index in [9.17, 15) is 0 Å². The van der Waals surface area contributed by atoms with Crippen molar-refractivity contribution < 1.29 is 0 Å². The minimum Gasteiger partial charge on any atom is -0.317 e. The van der Waals surface area contributed by atoms with Crippen molar-refractivity contribution in [1.29, 1.82) is 0 Å². The summed E-state index contributed by atoms with van der Waals surface area (Å²) in [5, 5.41) is 12.1. The molecule has 0 aromatic carbocycles. The average Bonchev–Trinajstić information content (AvgIpc) is 2.49. The van der Waals surface area contributed by atoms with Crippen LogP contribution in [0.1, 0.15) is 18.6 Å². The van der Waals surface area contributed by atoms with Crippen molar-refractivity contribution >= 4 is 11.8 Å². The Bertz CT molecular complexity index is 284. The standard InChI is InChI=1S/C9H18N4S/c1-7(14-4)5-10-6-9-12-11-8(2)13(9)3/h7,10H,5-6H2,1-4H3. The summed E-state index contributed by atoms with van der Waals surface area (Å²) in [6.45, 7) is 5.97. The monoisotopic (exact) mass is 214 g/mol. The number of aromatic nitrogens is 3. The van der Waals surface area contributed by atoms with Crippen LogP contribution in [-0.2, 0) is 13.6 Å². The lowest BCUT2D eigenvalue weighted by Gasteiger charge is -2.09. The summed E-state index contributed by atoms with van der Waals surface area (Å²) in [4.78, 5) is 0. The van der Waals surface area contributed by atoms with Gasteiger partial charge in [0.05, 0.1) is 6.54 Å². The van der Waals surface area contributed by atoms with E-state index in [1.807, 2.05) is 30.3 Å². The zero-order valence-electron chi connectivity index (χ0n) is 9.24. The molecule has 0 bridgehead atoms. The molecule has 14 heavy (non-hydrogen) atoms. The second kappa shape index (κ2) is 5.36. The Morgan fingerprint density at radius 1 is 1.50 bits per heavy atom. The third-order valence-electron chi connectivity index (χ3n) is 2.30. The van der Waals surface area contributed by atoms with Crippen LogP contribution in [0.15, 0.2) is 0 Å². The third kappa shape index (κ3) is 2.99. The molecule has 0 saturated heterocycles. The Morgan fingerprint density at radius 2 is 2.21 bits per heavy atom. The Hall–Kier alpha value is -0.550. The van der Waals surface area contributed by atoms with Crippen molar-refractivity contribution in [1.82, 2.24) is 20.1 Å². The number of nitrogens with one attached hydrogen (secondary N) is 1. The second-order valence-corrected chi connectivity index (χ2v) is 4.68. The van der Waals surface area contributed by atoms with E-state index in [1.54, 1.807) is 0 Å². The van der Waals surface area contributed by atoms with Gasteiger partial charge in [-0.15, -0.1) is 10.2 Å². The van der Waals surface area contributed by atoms with Gasteiger partial charge >= 0.3 is 0 Å². The molecule has 0 amide bonds. The van der Waals surface area contributed by atoms with Gasteiger partial charge in [-0.2, -0.15) is 11.8 Å². The number of thioether (sulfide) groups is 1. The van der Waals surface area contributed by atoms with Crippen LogP contribution in [0, 0.1) is 6.92 Å². The summed E-state index contributed by atoms with van der Waals surface area (Å²) in [6, 6.07) is 0. The number of aryl methyl sites for hydroxylation is 1. The minimum absolute atomic E-state index is 0.643. The van der Waals surface area contributed by atoms with Crippen molar-refractivity contribution in [2.24, 2.45) is 7.05 Å².